The van der Waals surface area contributed by atoms with Crippen molar-refractivity contribution in [2.75, 3.05) is 0 Å². The normalized spacial score (nSPS) is 12.5. The Balaban J connectivity index is 2.17. The Kier molecular flexibility index (Phi) is 4.21. The van der Waals surface area contributed by atoms with Gasteiger partial charge in [0.1, 0.15) is 5.52 Å². The summed E-state index contributed by atoms with van der Waals surface area (Å²) in [4.78, 5) is 11.2. The van der Waals surface area contributed by atoms with Crippen molar-refractivity contribution < 1.29 is 4.79 Å². The zero-order valence-electron chi connectivity index (χ0n) is 11.4. The number of nitrogens with zero attached hydrogens (tertiary/aromatic N) is 3. The van der Waals surface area contributed by atoms with E-state index in [1.54, 1.807) is 22.9 Å². The van der Waals surface area contributed by atoms with Crippen LogP contribution >= 0.6 is 39.1 Å². The fraction of sp³-hybridized carbons (Fsp3) is 0.133. The van der Waals surface area contributed by atoms with Crippen LogP contribution in [0.2, 0.25) is 10.0 Å². The van der Waals surface area contributed by atoms with E-state index in [0.29, 0.717) is 21.1 Å². The highest BCUT2D eigenvalue weighted by Crippen LogP contribution is 2.31. The molecule has 0 fully saturated rings. The Morgan fingerprint density at radius 2 is 2.05 bits per heavy atom. The molecule has 2 aromatic carbocycles. The summed E-state index contributed by atoms with van der Waals surface area (Å²) in [6.45, 7) is 1.96. The molecule has 0 N–H and O–H groups in total. The average Bonchev–Trinajstić information content (AvgIpc) is 2.89. The van der Waals surface area contributed by atoms with Crippen molar-refractivity contribution in [2.45, 2.75) is 13.0 Å². The minimum absolute atomic E-state index is 0.149. The lowest BCUT2D eigenvalue weighted by molar-refractivity contribution is 0.112. The molecule has 3 rings (SSSR count). The van der Waals surface area contributed by atoms with Crippen molar-refractivity contribution in [2.24, 2.45) is 0 Å². The molecule has 1 atom stereocenters. The van der Waals surface area contributed by atoms with E-state index in [0.717, 1.165) is 21.8 Å². The van der Waals surface area contributed by atoms with Crippen LogP contribution in [0, 0.1) is 0 Å². The van der Waals surface area contributed by atoms with Gasteiger partial charge in [0, 0.05) is 20.1 Å². The predicted octanol–water partition coefficient (Wildman–Crippen LogP) is 4.92. The van der Waals surface area contributed by atoms with Gasteiger partial charge in [-0.15, -0.1) is 5.10 Å². The van der Waals surface area contributed by atoms with Gasteiger partial charge in [0.15, 0.2) is 6.29 Å². The van der Waals surface area contributed by atoms with Crippen LogP contribution in [-0.4, -0.2) is 21.3 Å². The number of carbonyl (C=O) groups is 1. The third-order valence-electron chi connectivity index (χ3n) is 3.48. The first kappa shape index (κ1) is 15.5. The molecular formula is C15H10BrCl2N3O. The fourth-order valence-electron chi connectivity index (χ4n) is 2.38. The zero-order chi connectivity index (χ0) is 15.9. The molecule has 22 heavy (non-hydrogen) atoms. The number of rotatable bonds is 3. The van der Waals surface area contributed by atoms with Crippen LogP contribution < -0.4 is 0 Å². The minimum Gasteiger partial charge on any atom is -0.298 e. The summed E-state index contributed by atoms with van der Waals surface area (Å²) in [5.74, 6) is 0. The van der Waals surface area contributed by atoms with E-state index in [4.69, 9.17) is 23.2 Å². The molecule has 1 aromatic heterocycles. The molecule has 0 aliphatic heterocycles. The molecule has 4 nitrogen and oxygen atoms in total. The number of aromatic nitrogens is 3. The van der Waals surface area contributed by atoms with Gasteiger partial charge in [0.05, 0.1) is 11.6 Å². The Labute approximate surface area is 145 Å². The van der Waals surface area contributed by atoms with Crippen molar-refractivity contribution >= 4 is 56.5 Å². The van der Waals surface area contributed by atoms with Gasteiger partial charge in [-0.1, -0.05) is 50.4 Å². The zero-order valence-corrected chi connectivity index (χ0v) is 14.5. The maximum atomic E-state index is 11.2. The third kappa shape index (κ3) is 2.64. The second kappa shape index (κ2) is 5.99. The summed E-state index contributed by atoms with van der Waals surface area (Å²) in [6.07, 6.45) is 0.770. The summed E-state index contributed by atoms with van der Waals surface area (Å²) in [5.41, 5.74) is 2.70. The third-order valence-corrected chi connectivity index (χ3v) is 4.50. The van der Waals surface area contributed by atoms with Gasteiger partial charge in [-0.25, -0.2) is 4.68 Å². The fourth-order valence-corrected chi connectivity index (χ4v) is 3.41. The summed E-state index contributed by atoms with van der Waals surface area (Å²) in [7, 11) is 0. The number of aldehydes is 1. The summed E-state index contributed by atoms with van der Waals surface area (Å²) in [6, 6.07) is 8.79. The number of carbonyl (C=O) groups excluding carboxylic acids is 1. The van der Waals surface area contributed by atoms with Crippen LogP contribution in [0.5, 0.6) is 0 Å². The van der Waals surface area contributed by atoms with E-state index >= 15 is 0 Å². The lowest BCUT2D eigenvalue weighted by Gasteiger charge is -2.15. The number of fused-ring (bicyclic) bond motifs is 1. The first-order valence-corrected chi connectivity index (χ1v) is 8.00. The maximum Gasteiger partial charge on any atom is 0.152 e. The smallest absolute Gasteiger partial charge is 0.152 e. The Morgan fingerprint density at radius 3 is 2.73 bits per heavy atom. The van der Waals surface area contributed by atoms with E-state index in [9.17, 15) is 4.79 Å². The van der Waals surface area contributed by atoms with Gasteiger partial charge in [0.25, 0.3) is 0 Å². The highest BCUT2D eigenvalue weighted by atomic mass is 79.9. The van der Waals surface area contributed by atoms with Crippen LogP contribution in [0.25, 0.3) is 11.0 Å². The van der Waals surface area contributed by atoms with Crippen molar-refractivity contribution in [3.05, 3.63) is 56.0 Å². The van der Waals surface area contributed by atoms with Gasteiger partial charge in [-0.2, -0.15) is 0 Å². The molecule has 112 valence electrons. The van der Waals surface area contributed by atoms with Crippen LogP contribution in [-0.2, 0) is 0 Å². The molecule has 7 heteroatoms. The second-order valence-electron chi connectivity index (χ2n) is 4.86. The van der Waals surface area contributed by atoms with E-state index in [2.05, 4.69) is 26.2 Å². The highest BCUT2D eigenvalue weighted by Gasteiger charge is 2.18. The highest BCUT2D eigenvalue weighted by molar-refractivity contribution is 9.10. The maximum absolute atomic E-state index is 11.2. The Bertz CT molecular complexity index is 879. The number of halogens is 3. The molecule has 0 saturated heterocycles. The first-order valence-electron chi connectivity index (χ1n) is 6.46. The molecule has 0 amide bonds. The van der Waals surface area contributed by atoms with Crippen LogP contribution in [0.15, 0.2) is 34.8 Å². The Hall–Kier alpha value is -1.43. The quantitative estimate of drug-likeness (QED) is 0.588. The lowest BCUT2D eigenvalue weighted by Crippen LogP contribution is -2.09. The Morgan fingerprint density at radius 1 is 1.27 bits per heavy atom. The number of hydrogen-bond acceptors (Lipinski definition) is 3. The summed E-state index contributed by atoms with van der Waals surface area (Å²) >= 11 is 15.6. The molecule has 0 saturated carbocycles. The molecular weight excluding hydrogens is 389 g/mol. The van der Waals surface area contributed by atoms with Crippen molar-refractivity contribution in [3.63, 3.8) is 0 Å². The standard InChI is InChI=1S/C15H10BrCl2N3O/c1-8(12-3-2-11(17)6-13(12)18)21-14-5-10(16)4-9(7-22)15(14)19-20-21/h2-8H,1H3/t8-/m1/s1. The molecule has 0 aliphatic carbocycles. The monoisotopic (exact) mass is 397 g/mol. The van der Waals surface area contributed by atoms with Crippen LogP contribution in [0.3, 0.4) is 0 Å². The summed E-state index contributed by atoms with van der Waals surface area (Å²) in [5, 5.41) is 9.44. The van der Waals surface area contributed by atoms with Gasteiger partial charge >= 0.3 is 0 Å². The van der Waals surface area contributed by atoms with E-state index in [1.807, 2.05) is 19.1 Å². The second-order valence-corrected chi connectivity index (χ2v) is 6.62. The minimum atomic E-state index is -0.149. The van der Waals surface area contributed by atoms with Crippen molar-refractivity contribution in [1.82, 2.24) is 15.0 Å². The molecule has 0 aliphatic rings. The SMILES string of the molecule is C[C@H](c1ccc(Cl)cc1Cl)n1nnc2c(C=O)cc(Br)cc21. The average molecular weight is 399 g/mol. The van der Waals surface area contributed by atoms with Crippen molar-refractivity contribution in [3.8, 4) is 0 Å². The molecule has 1 heterocycles. The molecule has 0 spiro atoms. The molecule has 0 radical (unpaired) electrons. The topological polar surface area (TPSA) is 47.8 Å². The van der Waals surface area contributed by atoms with E-state index in [-0.39, 0.29) is 6.04 Å². The van der Waals surface area contributed by atoms with Gasteiger partial charge in [-0.05, 0) is 36.8 Å². The van der Waals surface area contributed by atoms with Crippen LogP contribution in [0.1, 0.15) is 28.9 Å². The predicted molar refractivity (Wildman–Crippen MR) is 90.9 cm³/mol. The van der Waals surface area contributed by atoms with Gasteiger partial charge in [-0.3, -0.25) is 4.79 Å². The number of benzene rings is 2. The van der Waals surface area contributed by atoms with Crippen molar-refractivity contribution in [1.29, 1.82) is 0 Å². The van der Waals surface area contributed by atoms with Gasteiger partial charge in [0.2, 0.25) is 0 Å². The van der Waals surface area contributed by atoms with Gasteiger partial charge < -0.3 is 0 Å². The van der Waals surface area contributed by atoms with E-state index < -0.39 is 0 Å². The molecule has 0 bridgehead atoms. The lowest BCUT2D eigenvalue weighted by atomic mass is 10.1. The molecule has 0 unspecified atom stereocenters. The summed E-state index contributed by atoms with van der Waals surface area (Å²) < 4.78 is 2.53. The molecule has 3 aromatic rings. The van der Waals surface area contributed by atoms with E-state index in [1.165, 1.54) is 0 Å². The number of hydrogen-bond donors (Lipinski definition) is 0. The van der Waals surface area contributed by atoms with Crippen LogP contribution in [0.4, 0.5) is 0 Å². The first-order chi connectivity index (χ1) is 10.5. The largest absolute Gasteiger partial charge is 0.298 e.